The molecule has 1 aliphatic heterocycles. The van der Waals surface area contributed by atoms with Crippen LogP contribution in [0.15, 0.2) is 41.4 Å². The number of benzene rings is 2. The molecule has 1 saturated carbocycles. The Morgan fingerprint density at radius 2 is 1.91 bits per heavy atom. The largest absolute Gasteiger partial charge is 0.454 e. The van der Waals surface area contributed by atoms with Gasteiger partial charge in [0.2, 0.25) is 12.6 Å². The monoisotopic (exact) mass is 475 g/mol. The lowest BCUT2D eigenvalue weighted by Crippen LogP contribution is -2.38. The quantitative estimate of drug-likeness (QED) is 0.314. The van der Waals surface area contributed by atoms with Crippen molar-refractivity contribution in [1.82, 2.24) is 15.3 Å². The summed E-state index contributed by atoms with van der Waals surface area (Å²) in [5, 5.41) is 7.28. The molecule has 0 spiro atoms. The number of hydrogen-bond donors (Lipinski definition) is 4. The van der Waals surface area contributed by atoms with Gasteiger partial charge < -0.3 is 31.6 Å². The van der Waals surface area contributed by atoms with Gasteiger partial charge in [0.1, 0.15) is 5.82 Å². The number of carbonyl (C=O) groups excluding carboxylic acids is 1. The van der Waals surface area contributed by atoms with Gasteiger partial charge in [-0.1, -0.05) is 30.5 Å². The number of aliphatic imine (C=N–C) groups is 1. The Balaban J connectivity index is 1.40. The minimum atomic E-state index is -0.363. The van der Waals surface area contributed by atoms with E-state index in [1.807, 2.05) is 43.3 Å². The molecule has 1 fully saturated rings. The molecule has 2 heterocycles. The molecule has 2 aromatic carbocycles. The summed E-state index contributed by atoms with van der Waals surface area (Å²) in [7, 11) is 0. The molecule has 2 unspecified atom stereocenters. The third-order valence-electron chi connectivity index (χ3n) is 6.31. The number of rotatable bonds is 6. The van der Waals surface area contributed by atoms with E-state index in [0.29, 0.717) is 29.4 Å². The number of fused-ring (bicyclic) bond motifs is 2. The molecule has 10 heteroatoms. The van der Waals surface area contributed by atoms with Crippen molar-refractivity contribution in [2.75, 3.05) is 12.1 Å². The topological polar surface area (TPSA) is 150 Å². The first kappa shape index (κ1) is 22.7. The first-order chi connectivity index (χ1) is 17.0. The highest BCUT2D eigenvalue weighted by molar-refractivity contribution is 5.96. The summed E-state index contributed by atoms with van der Waals surface area (Å²) in [5.74, 6) is 1.79. The highest BCUT2D eigenvalue weighted by Crippen LogP contribution is 2.32. The van der Waals surface area contributed by atoms with Gasteiger partial charge in [-0.3, -0.25) is 4.79 Å². The van der Waals surface area contributed by atoms with E-state index in [1.54, 1.807) is 0 Å². The van der Waals surface area contributed by atoms with Crippen LogP contribution in [-0.2, 0) is 6.54 Å². The second-order valence-electron chi connectivity index (χ2n) is 8.94. The molecule has 0 bridgehead atoms. The Morgan fingerprint density at radius 3 is 2.77 bits per heavy atom. The van der Waals surface area contributed by atoms with Gasteiger partial charge >= 0.3 is 0 Å². The maximum Gasteiger partial charge on any atom is 0.289 e. The second kappa shape index (κ2) is 9.65. The molecule has 3 aromatic rings. The van der Waals surface area contributed by atoms with Crippen LogP contribution >= 0.6 is 0 Å². The lowest BCUT2D eigenvalue weighted by molar-refractivity contribution is 0.0941. The Bertz CT molecular complexity index is 1290. The normalized spacial score (nSPS) is 18.8. The fraction of sp³-hybridized carbons (Fsp3) is 0.360. The second-order valence-corrected chi connectivity index (χ2v) is 8.94. The fourth-order valence-electron chi connectivity index (χ4n) is 4.57. The number of ether oxygens (including phenoxy) is 2. The van der Waals surface area contributed by atoms with Gasteiger partial charge in [0, 0.05) is 11.9 Å². The molecule has 0 saturated heterocycles. The lowest BCUT2D eigenvalue weighted by Gasteiger charge is -2.30. The average Bonchev–Trinajstić information content (AvgIpc) is 3.31. The van der Waals surface area contributed by atoms with Crippen molar-refractivity contribution in [2.24, 2.45) is 16.5 Å². The van der Waals surface area contributed by atoms with Crippen molar-refractivity contribution in [3.05, 3.63) is 53.3 Å². The van der Waals surface area contributed by atoms with Crippen LogP contribution < -0.4 is 31.6 Å². The smallest absolute Gasteiger partial charge is 0.289 e. The third kappa shape index (κ3) is 5.06. The van der Waals surface area contributed by atoms with E-state index in [-0.39, 0.29) is 36.6 Å². The summed E-state index contributed by atoms with van der Waals surface area (Å²) < 4.78 is 10.8. The molecule has 5 rings (SSSR count). The molecule has 0 radical (unpaired) electrons. The predicted molar refractivity (Wildman–Crippen MR) is 133 cm³/mol. The van der Waals surface area contributed by atoms with Crippen molar-refractivity contribution >= 4 is 28.6 Å². The molecule has 35 heavy (non-hydrogen) atoms. The molecule has 6 N–H and O–H groups in total. The van der Waals surface area contributed by atoms with Gasteiger partial charge in [0.15, 0.2) is 17.5 Å². The SMILES string of the molecule is Cc1ccc2nc(C(=O)NCc3ccc4c(c3)OCO4)nc(NC3CCCCC3N=C(N)N)c2c1. The number of nitrogens with two attached hydrogens (primary N) is 2. The van der Waals surface area contributed by atoms with E-state index in [1.165, 1.54) is 0 Å². The summed E-state index contributed by atoms with van der Waals surface area (Å²) in [4.78, 5) is 26.6. The van der Waals surface area contributed by atoms with Crippen molar-refractivity contribution in [2.45, 2.75) is 51.2 Å². The Morgan fingerprint density at radius 1 is 1.09 bits per heavy atom. The number of anilines is 1. The number of hydrogen-bond acceptors (Lipinski definition) is 7. The van der Waals surface area contributed by atoms with Crippen molar-refractivity contribution < 1.29 is 14.3 Å². The Kier molecular flexibility index (Phi) is 6.26. The number of nitrogens with one attached hydrogen (secondary N) is 2. The minimum Gasteiger partial charge on any atom is -0.454 e. The summed E-state index contributed by atoms with van der Waals surface area (Å²) in [5.41, 5.74) is 14.0. The molecule has 1 amide bonds. The van der Waals surface area contributed by atoms with Gasteiger partial charge in [-0.25, -0.2) is 15.0 Å². The maximum atomic E-state index is 13.0. The van der Waals surface area contributed by atoms with Crippen molar-refractivity contribution in [3.63, 3.8) is 0 Å². The van der Waals surface area contributed by atoms with E-state index in [2.05, 4.69) is 25.6 Å². The number of nitrogens with zero attached hydrogens (tertiary/aromatic N) is 3. The summed E-state index contributed by atoms with van der Waals surface area (Å²) in [6, 6.07) is 11.4. The first-order valence-electron chi connectivity index (χ1n) is 11.8. The summed E-state index contributed by atoms with van der Waals surface area (Å²) in [6.45, 7) is 2.52. The van der Waals surface area contributed by atoms with Gasteiger partial charge in [-0.15, -0.1) is 0 Å². The fourth-order valence-corrected chi connectivity index (χ4v) is 4.57. The summed E-state index contributed by atoms with van der Waals surface area (Å²) in [6.07, 6.45) is 3.93. The predicted octanol–water partition coefficient (Wildman–Crippen LogP) is 2.59. The number of aromatic nitrogens is 2. The molecule has 1 aliphatic carbocycles. The van der Waals surface area contributed by atoms with E-state index in [0.717, 1.165) is 42.2 Å². The number of amides is 1. The molecule has 10 nitrogen and oxygen atoms in total. The Labute approximate surface area is 203 Å². The van der Waals surface area contributed by atoms with Crippen LogP contribution in [-0.4, -0.2) is 40.7 Å². The Hall–Kier alpha value is -4.08. The minimum absolute atomic E-state index is 0.00834. The van der Waals surface area contributed by atoms with Crippen LogP contribution in [0.3, 0.4) is 0 Å². The van der Waals surface area contributed by atoms with E-state index in [4.69, 9.17) is 20.9 Å². The van der Waals surface area contributed by atoms with Crippen LogP contribution in [0.1, 0.15) is 47.4 Å². The average molecular weight is 476 g/mol. The standard InChI is InChI=1S/C25H29N7O3/c1-14-6-8-17-16(10-14)22(30-18-4-2-3-5-19(18)31-25(26)27)32-23(29-17)24(33)28-12-15-7-9-20-21(11-15)35-13-34-20/h6-11,18-19H,2-5,12-13H2,1H3,(H,28,33)(H4,26,27,31)(H,29,30,32). The van der Waals surface area contributed by atoms with Crippen LogP contribution in [0.25, 0.3) is 10.9 Å². The number of aryl methyl sites for hydroxylation is 1. The molecular formula is C25H29N7O3. The van der Waals surface area contributed by atoms with Gasteiger partial charge in [0.25, 0.3) is 5.91 Å². The van der Waals surface area contributed by atoms with Crippen molar-refractivity contribution in [3.8, 4) is 11.5 Å². The zero-order valence-electron chi connectivity index (χ0n) is 19.6. The lowest BCUT2D eigenvalue weighted by atomic mass is 9.90. The van der Waals surface area contributed by atoms with Crippen LogP contribution in [0.2, 0.25) is 0 Å². The number of carbonyl (C=O) groups is 1. The number of guanidine groups is 1. The van der Waals surface area contributed by atoms with E-state index < -0.39 is 0 Å². The zero-order chi connectivity index (χ0) is 24.4. The highest BCUT2D eigenvalue weighted by Gasteiger charge is 2.26. The van der Waals surface area contributed by atoms with E-state index in [9.17, 15) is 4.79 Å². The van der Waals surface area contributed by atoms with Crippen LogP contribution in [0.5, 0.6) is 11.5 Å². The summed E-state index contributed by atoms with van der Waals surface area (Å²) >= 11 is 0. The molecule has 182 valence electrons. The van der Waals surface area contributed by atoms with Crippen molar-refractivity contribution in [1.29, 1.82) is 0 Å². The van der Waals surface area contributed by atoms with Crippen LogP contribution in [0.4, 0.5) is 5.82 Å². The molecule has 1 aromatic heterocycles. The molecule has 2 aliphatic rings. The first-order valence-corrected chi connectivity index (χ1v) is 11.8. The van der Waals surface area contributed by atoms with Gasteiger partial charge in [0.05, 0.1) is 17.6 Å². The zero-order valence-corrected chi connectivity index (χ0v) is 19.6. The molecule has 2 atom stereocenters. The van der Waals surface area contributed by atoms with E-state index >= 15 is 0 Å². The van der Waals surface area contributed by atoms with Crippen LogP contribution in [0, 0.1) is 6.92 Å². The van der Waals surface area contributed by atoms with Gasteiger partial charge in [-0.05, 0) is 49.6 Å². The van der Waals surface area contributed by atoms with Gasteiger partial charge in [-0.2, -0.15) is 0 Å². The third-order valence-corrected chi connectivity index (χ3v) is 6.31. The highest BCUT2D eigenvalue weighted by atomic mass is 16.7. The molecular weight excluding hydrogens is 446 g/mol. The maximum absolute atomic E-state index is 13.0.